The van der Waals surface area contributed by atoms with Crippen molar-refractivity contribution in [2.45, 2.75) is 17.7 Å². The van der Waals surface area contributed by atoms with Gasteiger partial charge < -0.3 is 15.3 Å². The predicted molar refractivity (Wildman–Crippen MR) is 127 cm³/mol. The summed E-state index contributed by atoms with van der Waals surface area (Å²) in [6, 6.07) is 10.3. The zero-order valence-corrected chi connectivity index (χ0v) is 20.0. The highest BCUT2D eigenvalue weighted by atomic mass is 35.5. The van der Waals surface area contributed by atoms with Crippen molar-refractivity contribution in [3.8, 4) is 0 Å². The first-order chi connectivity index (χ1) is 16.2. The minimum Gasteiger partial charge on any atom is -0.395 e. The average molecular weight is 524 g/mol. The Balaban J connectivity index is 1.46. The third-order valence-electron chi connectivity index (χ3n) is 5.19. The molecule has 0 fully saturated rings. The third-order valence-corrected chi connectivity index (χ3v) is 8.21. The molecule has 1 aromatic heterocycles. The van der Waals surface area contributed by atoms with Gasteiger partial charge in [0, 0.05) is 13.0 Å². The van der Waals surface area contributed by atoms with E-state index in [0.717, 1.165) is 17.4 Å². The van der Waals surface area contributed by atoms with Gasteiger partial charge in [-0.25, -0.2) is 17.8 Å². The zero-order valence-electron chi connectivity index (χ0n) is 17.6. The molecule has 2 amide bonds. The highest BCUT2D eigenvalue weighted by Gasteiger charge is 2.30. The van der Waals surface area contributed by atoms with Crippen molar-refractivity contribution in [2.24, 2.45) is 0 Å². The molecule has 0 bridgehead atoms. The number of aliphatic hydroxyl groups is 1. The number of nitrogens with one attached hydrogen (secondary N) is 1. The normalized spacial score (nSPS) is 13.6. The topological polar surface area (TPSA) is 117 Å². The molecule has 2 N–H and O–H groups in total. The van der Waals surface area contributed by atoms with Gasteiger partial charge in [-0.2, -0.15) is 0 Å². The number of carbonyl (C=O) groups is 2. The van der Waals surface area contributed by atoms with E-state index < -0.39 is 33.9 Å². The van der Waals surface area contributed by atoms with E-state index in [4.69, 9.17) is 16.7 Å². The van der Waals surface area contributed by atoms with E-state index in [1.807, 2.05) is 0 Å². The maximum Gasteiger partial charge on any atom is 0.270 e. The molecule has 0 saturated heterocycles. The van der Waals surface area contributed by atoms with E-state index in [9.17, 15) is 22.4 Å². The van der Waals surface area contributed by atoms with Gasteiger partial charge in [0.1, 0.15) is 10.7 Å². The number of rotatable bonds is 7. The Labute approximate surface area is 203 Å². The number of hydrogen-bond donors (Lipinski definition) is 2. The van der Waals surface area contributed by atoms with E-state index in [-0.39, 0.29) is 27.9 Å². The molecule has 8 nitrogen and oxygen atoms in total. The van der Waals surface area contributed by atoms with Gasteiger partial charge in [-0.3, -0.25) is 9.59 Å². The molecule has 4 rings (SSSR count). The smallest absolute Gasteiger partial charge is 0.270 e. The summed E-state index contributed by atoms with van der Waals surface area (Å²) in [6.07, 6.45) is 0.132. The molecule has 34 heavy (non-hydrogen) atoms. The van der Waals surface area contributed by atoms with Crippen molar-refractivity contribution in [3.63, 3.8) is 0 Å². The van der Waals surface area contributed by atoms with E-state index in [0.29, 0.717) is 34.2 Å². The van der Waals surface area contributed by atoms with Crippen molar-refractivity contribution in [1.29, 1.82) is 0 Å². The summed E-state index contributed by atoms with van der Waals surface area (Å²) in [5, 5.41) is 12.1. The quantitative estimate of drug-likeness (QED) is 0.491. The van der Waals surface area contributed by atoms with Crippen LogP contribution in [0.4, 0.5) is 15.2 Å². The molecule has 3 aromatic rings. The first kappa shape index (κ1) is 24.3. The number of amides is 2. The minimum atomic E-state index is -3.80. The average Bonchev–Trinajstić information content (AvgIpc) is 3.19. The van der Waals surface area contributed by atoms with Gasteiger partial charge in [0.15, 0.2) is 15.0 Å². The van der Waals surface area contributed by atoms with Crippen LogP contribution in [0.2, 0.25) is 5.02 Å². The van der Waals surface area contributed by atoms with Crippen molar-refractivity contribution in [3.05, 3.63) is 69.4 Å². The standard InChI is InChI=1S/C22H19ClFN3O5S2/c23-15-3-1-2-4-18(15)27-8-7-17-20(21(27)30)33-22(25-17)26-19(29)11-13-5-6-14(12-16(13)24)34(31,32)10-9-28/h1-6,12,28H,7-11H2,(H,25,26,29). The number of nitrogens with zero attached hydrogens (tertiary/aromatic N) is 2. The Morgan fingerprint density at radius 3 is 2.74 bits per heavy atom. The molecule has 0 atom stereocenters. The van der Waals surface area contributed by atoms with Crippen molar-refractivity contribution >= 4 is 55.4 Å². The maximum atomic E-state index is 14.4. The minimum absolute atomic E-state index is 0.00254. The second-order valence-electron chi connectivity index (χ2n) is 7.47. The first-order valence-corrected chi connectivity index (χ1v) is 13.0. The number of para-hydroxylation sites is 1. The molecule has 0 spiro atoms. The predicted octanol–water partition coefficient (Wildman–Crippen LogP) is 3.09. The van der Waals surface area contributed by atoms with Crippen LogP contribution in [-0.2, 0) is 27.5 Å². The molecule has 0 unspecified atom stereocenters. The van der Waals surface area contributed by atoms with Crippen LogP contribution in [-0.4, -0.2) is 49.2 Å². The Morgan fingerprint density at radius 1 is 1.26 bits per heavy atom. The molecule has 1 aliphatic rings. The van der Waals surface area contributed by atoms with Crippen LogP contribution < -0.4 is 10.2 Å². The van der Waals surface area contributed by atoms with E-state index in [1.54, 1.807) is 29.2 Å². The van der Waals surface area contributed by atoms with Gasteiger partial charge >= 0.3 is 0 Å². The fraction of sp³-hybridized carbons (Fsp3) is 0.227. The number of carbonyl (C=O) groups excluding carboxylic acids is 2. The van der Waals surface area contributed by atoms with E-state index in [2.05, 4.69) is 10.3 Å². The van der Waals surface area contributed by atoms with Crippen LogP contribution >= 0.6 is 22.9 Å². The molecular weight excluding hydrogens is 505 g/mol. The second kappa shape index (κ2) is 9.79. The molecule has 2 aromatic carbocycles. The number of hydrogen-bond acceptors (Lipinski definition) is 7. The number of thiazole rings is 1. The van der Waals surface area contributed by atoms with Gasteiger partial charge in [0.2, 0.25) is 5.91 Å². The number of aromatic nitrogens is 1. The fourth-order valence-electron chi connectivity index (χ4n) is 3.52. The fourth-order valence-corrected chi connectivity index (χ4v) is 5.77. The van der Waals surface area contributed by atoms with Crippen LogP contribution in [0, 0.1) is 5.82 Å². The summed E-state index contributed by atoms with van der Waals surface area (Å²) < 4.78 is 38.3. The zero-order chi connectivity index (χ0) is 24.5. The highest BCUT2D eigenvalue weighted by Crippen LogP contribution is 2.33. The van der Waals surface area contributed by atoms with E-state index in [1.165, 1.54) is 12.1 Å². The maximum absolute atomic E-state index is 14.4. The van der Waals surface area contributed by atoms with Gasteiger partial charge in [0.05, 0.1) is 40.1 Å². The lowest BCUT2D eigenvalue weighted by atomic mass is 10.1. The summed E-state index contributed by atoms with van der Waals surface area (Å²) in [6.45, 7) is -0.187. The highest BCUT2D eigenvalue weighted by molar-refractivity contribution is 7.91. The van der Waals surface area contributed by atoms with Crippen molar-refractivity contribution in [1.82, 2.24) is 4.98 Å². The van der Waals surface area contributed by atoms with Gasteiger partial charge in [-0.05, 0) is 29.8 Å². The summed E-state index contributed by atoms with van der Waals surface area (Å²) in [5.41, 5.74) is 1.17. The van der Waals surface area contributed by atoms with Gasteiger partial charge in [-0.1, -0.05) is 41.1 Å². The molecule has 0 aliphatic carbocycles. The van der Waals surface area contributed by atoms with Crippen LogP contribution in [0.1, 0.15) is 20.9 Å². The number of aliphatic hydroxyl groups excluding tert-OH is 1. The third kappa shape index (κ3) is 4.97. The summed E-state index contributed by atoms with van der Waals surface area (Å²) in [4.78, 5) is 31.5. The monoisotopic (exact) mass is 523 g/mol. The van der Waals surface area contributed by atoms with Gasteiger partial charge in [0.25, 0.3) is 5.91 Å². The molecule has 1 aliphatic heterocycles. The number of anilines is 2. The SMILES string of the molecule is O=C(Cc1ccc(S(=O)(=O)CCO)cc1F)Nc1nc2c(s1)C(=O)N(c1ccccc1Cl)CC2. The second-order valence-corrected chi connectivity index (χ2v) is 11.0. The first-order valence-electron chi connectivity index (χ1n) is 10.2. The largest absolute Gasteiger partial charge is 0.395 e. The number of fused-ring (bicyclic) bond motifs is 1. The Morgan fingerprint density at radius 2 is 2.03 bits per heavy atom. The molecule has 0 radical (unpaired) electrons. The summed E-state index contributed by atoms with van der Waals surface area (Å²) >= 11 is 7.25. The van der Waals surface area contributed by atoms with Crippen LogP contribution in [0.15, 0.2) is 47.4 Å². The molecule has 178 valence electrons. The summed E-state index contributed by atoms with van der Waals surface area (Å²) in [5.74, 6) is -2.20. The van der Waals surface area contributed by atoms with Crippen molar-refractivity contribution < 1.29 is 27.5 Å². The number of sulfone groups is 1. The molecular formula is C22H19ClFN3O5S2. The van der Waals surface area contributed by atoms with Crippen molar-refractivity contribution in [2.75, 3.05) is 29.1 Å². The lowest BCUT2D eigenvalue weighted by Gasteiger charge is -2.26. The number of halogens is 2. The van der Waals surface area contributed by atoms with Crippen LogP contribution in [0.5, 0.6) is 0 Å². The Hall–Kier alpha value is -2.86. The lowest BCUT2D eigenvalue weighted by Crippen LogP contribution is -2.37. The Kier molecular flexibility index (Phi) is 6.99. The van der Waals surface area contributed by atoms with Gasteiger partial charge in [-0.15, -0.1) is 0 Å². The van der Waals surface area contributed by atoms with Crippen LogP contribution in [0.3, 0.4) is 0 Å². The number of benzene rings is 2. The molecule has 2 heterocycles. The Bertz CT molecular complexity index is 1380. The molecule has 0 saturated carbocycles. The van der Waals surface area contributed by atoms with Crippen LogP contribution in [0.25, 0.3) is 0 Å². The lowest BCUT2D eigenvalue weighted by molar-refractivity contribution is -0.115. The summed E-state index contributed by atoms with van der Waals surface area (Å²) in [7, 11) is -3.80. The molecule has 12 heteroatoms. The van der Waals surface area contributed by atoms with E-state index >= 15 is 0 Å².